The van der Waals surface area contributed by atoms with Crippen LogP contribution in [0.25, 0.3) is 0 Å². The van der Waals surface area contributed by atoms with Crippen LogP contribution in [0.1, 0.15) is 13.8 Å². The van der Waals surface area contributed by atoms with Crippen molar-refractivity contribution in [2.24, 2.45) is 0 Å². The Morgan fingerprint density at radius 3 is 2.16 bits per heavy atom. The van der Waals surface area contributed by atoms with E-state index >= 15 is 0 Å². The second-order valence-corrected chi connectivity index (χ2v) is 7.74. The zero-order chi connectivity index (χ0) is 24.2. The van der Waals surface area contributed by atoms with Crippen LogP contribution in [0.3, 0.4) is 0 Å². The van der Waals surface area contributed by atoms with Crippen molar-refractivity contribution in [3.05, 3.63) is 0 Å². The van der Waals surface area contributed by atoms with E-state index in [-0.39, 0.29) is 6.61 Å². The average Bonchev–Trinajstić information content (AvgIpc) is 2.75. The number of ether oxygens (including phenoxy) is 5. The molecular weight excluding hydrogens is 440 g/mol. The van der Waals surface area contributed by atoms with Crippen LogP contribution in [0, 0.1) is 0 Å². The van der Waals surface area contributed by atoms with Crippen LogP contribution in [0.15, 0.2) is 0 Å². The summed E-state index contributed by atoms with van der Waals surface area (Å²) in [4.78, 5) is 0. The first kappa shape index (κ1) is 27.7. The number of rotatable bonds is 10. The van der Waals surface area contributed by atoms with Gasteiger partial charge < -0.3 is 69.6 Å². The van der Waals surface area contributed by atoms with E-state index in [1.807, 2.05) is 0 Å². The predicted octanol–water partition coefficient (Wildman–Crippen LogP) is -5.27. The van der Waals surface area contributed by atoms with E-state index in [4.69, 9.17) is 23.7 Å². The molecule has 2 saturated heterocycles. The van der Waals surface area contributed by atoms with Crippen molar-refractivity contribution in [3.8, 4) is 0 Å². The van der Waals surface area contributed by atoms with Gasteiger partial charge in [0, 0.05) is 6.61 Å². The van der Waals surface area contributed by atoms with Gasteiger partial charge in [-0.3, -0.25) is 0 Å². The maximum Gasteiger partial charge on any atom is 0.187 e. The third-order valence-corrected chi connectivity index (χ3v) is 5.30. The third kappa shape index (κ3) is 6.31. The Balaban J connectivity index is 2.20. The van der Waals surface area contributed by atoms with Gasteiger partial charge in [-0.15, -0.1) is 0 Å². The topological polar surface area (TPSA) is 228 Å². The summed E-state index contributed by atoms with van der Waals surface area (Å²) in [6.07, 6.45) is -20.8. The monoisotopic (exact) mass is 474 g/mol. The highest BCUT2D eigenvalue weighted by atomic mass is 16.8. The van der Waals surface area contributed by atoms with E-state index in [2.05, 4.69) is 0 Å². The lowest BCUT2D eigenvalue weighted by Gasteiger charge is -2.45. The molecule has 14 heteroatoms. The molecule has 2 rings (SSSR count). The summed E-state index contributed by atoms with van der Waals surface area (Å²) in [6, 6.07) is 0. The smallest absolute Gasteiger partial charge is 0.187 e. The zero-order valence-electron chi connectivity index (χ0n) is 17.7. The summed E-state index contributed by atoms with van der Waals surface area (Å²) in [6.45, 7) is 1.74. The van der Waals surface area contributed by atoms with Crippen molar-refractivity contribution in [1.82, 2.24) is 0 Å². The van der Waals surface area contributed by atoms with E-state index < -0.39 is 93.1 Å². The van der Waals surface area contributed by atoms with E-state index in [1.165, 1.54) is 6.92 Å². The maximum atomic E-state index is 10.4. The molecule has 2 aliphatic rings. The van der Waals surface area contributed by atoms with Gasteiger partial charge in [0.15, 0.2) is 18.9 Å². The standard InChI is InChI=1S/C18H34O14/c1-3-28-16(27)13(26)14(6(2)20)31-18-15(9(22)7(21)5-29-18)32-17-12(25)11(24)10(23)8(4-19)30-17/h6-27H,3-5H2,1-2H3/t6?,7-,8+,9?,10?,11?,12?,13?,14?,15?,16?,17-,18-/m1/s1. The molecule has 0 aliphatic carbocycles. The second kappa shape index (κ2) is 12.2. The van der Waals surface area contributed by atoms with Gasteiger partial charge in [0.1, 0.15) is 54.9 Å². The van der Waals surface area contributed by atoms with Crippen molar-refractivity contribution < 1.29 is 69.6 Å². The van der Waals surface area contributed by atoms with Gasteiger partial charge in [0.05, 0.1) is 19.3 Å². The van der Waals surface area contributed by atoms with Crippen LogP contribution in [-0.2, 0) is 23.7 Å². The van der Waals surface area contributed by atoms with Crippen LogP contribution in [0.5, 0.6) is 0 Å². The summed E-state index contributed by atoms with van der Waals surface area (Å²) >= 11 is 0. The Morgan fingerprint density at radius 1 is 0.938 bits per heavy atom. The van der Waals surface area contributed by atoms with Crippen molar-refractivity contribution in [2.75, 3.05) is 19.8 Å². The number of hydrogen-bond donors (Lipinski definition) is 9. The van der Waals surface area contributed by atoms with Crippen LogP contribution in [0.4, 0.5) is 0 Å². The lowest BCUT2D eigenvalue weighted by atomic mass is 9.98. The van der Waals surface area contributed by atoms with Gasteiger partial charge in [-0.1, -0.05) is 0 Å². The fourth-order valence-electron chi connectivity index (χ4n) is 3.43. The van der Waals surface area contributed by atoms with Crippen molar-refractivity contribution >= 4 is 0 Å². The Morgan fingerprint density at radius 2 is 1.59 bits per heavy atom. The van der Waals surface area contributed by atoms with Crippen molar-refractivity contribution in [3.63, 3.8) is 0 Å². The number of hydrogen-bond acceptors (Lipinski definition) is 14. The Kier molecular flexibility index (Phi) is 10.6. The fraction of sp³-hybridized carbons (Fsp3) is 1.00. The van der Waals surface area contributed by atoms with Crippen LogP contribution >= 0.6 is 0 Å². The second-order valence-electron chi connectivity index (χ2n) is 7.74. The Hall–Kier alpha value is -0.560. The molecule has 2 heterocycles. The molecular formula is C18H34O14. The lowest BCUT2D eigenvalue weighted by molar-refractivity contribution is -0.367. The van der Waals surface area contributed by atoms with Crippen LogP contribution in [-0.4, -0.2) is 146 Å². The molecule has 9 N–H and O–H groups in total. The first-order valence-corrected chi connectivity index (χ1v) is 10.3. The van der Waals surface area contributed by atoms with E-state index in [0.29, 0.717) is 0 Å². The van der Waals surface area contributed by atoms with Gasteiger partial charge in [0.25, 0.3) is 0 Å². The molecule has 0 spiro atoms. The van der Waals surface area contributed by atoms with E-state index in [0.717, 1.165) is 0 Å². The molecule has 2 fully saturated rings. The first-order valence-electron chi connectivity index (χ1n) is 10.3. The third-order valence-electron chi connectivity index (χ3n) is 5.30. The molecule has 0 saturated carbocycles. The summed E-state index contributed by atoms with van der Waals surface area (Å²) in [5.74, 6) is 0. The van der Waals surface area contributed by atoms with Crippen LogP contribution in [0.2, 0.25) is 0 Å². The van der Waals surface area contributed by atoms with Gasteiger partial charge in [-0.25, -0.2) is 0 Å². The lowest BCUT2D eigenvalue weighted by Crippen LogP contribution is -2.63. The Bertz CT molecular complexity index is 550. The van der Waals surface area contributed by atoms with E-state index in [9.17, 15) is 46.0 Å². The molecule has 0 aromatic carbocycles. The highest BCUT2D eigenvalue weighted by Gasteiger charge is 2.50. The molecule has 9 unspecified atom stereocenters. The minimum atomic E-state index is -1.81. The molecule has 2 aliphatic heterocycles. The summed E-state index contributed by atoms with van der Waals surface area (Å²) < 4.78 is 26.5. The highest BCUT2D eigenvalue weighted by molar-refractivity contribution is 4.92. The molecule has 32 heavy (non-hydrogen) atoms. The maximum absolute atomic E-state index is 10.4. The molecule has 0 amide bonds. The molecule has 0 aromatic heterocycles. The van der Waals surface area contributed by atoms with E-state index in [1.54, 1.807) is 6.92 Å². The summed E-state index contributed by atoms with van der Waals surface area (Å²) in [7, 11) is 0. The largest absolute Gasteiger partial charge is 0.394 e. The van der Waals surface area contributed by atoms with Gasteiger partial charge in [-0.05, 0) is 13.8 Å². The van der Waals surface area contributed by atoms with Crippen LogP contribution < -0.4 is 0 Å². The summed E-state index contributed by atoms with van der Waals surface area (Å²) in [5, 5.41) is 89.9. The molecule has 14 nitrogen and oxygen atoms in total. The van der Waals surface area contributed by atoms with Gasteiger partial charge in [0.2, 0.25) is 0 Å². The SMILES string of the molecule is CCOC(O)C(O)C(O[C@H]1OC[C@@H](O)C(O)C1O[C@H]1O[C@@H](CO)C(O)C(O)C1O)C(C)O. The number of aliphatic hydroxyl groups is 9. The number of aliphatic hydroxyl groups excluding tert-OH is 9. The molecule has 190 valence electrons. The molecule has 0 radical (unpaired) electrons. The molecule has 0 aromatic rings. The van der Waals surface area contributed by atoms with Crippen molar-refractivity contribution in [2.45, 2.75) is 93.8 Å². The molecule has 13 atom stereocenters. The van der Waals surface area contributed by atoms with Crippen molar-refractivity contribution in [1.29, 1.82) is 0 Å². The zero-order valence-corrected chi connectivity index (χ0v) is 17.7. The van der Waals surface area contributed by atoms with Gasteiger partial charge >= 0.3 is 0 Å². The highest BCUT2D eigenvalue weighted by Crippen LogP contribution is 2.29. The Labute approximate surface area is 184 Å². The van der Waals surface area contributed by atoms with Gasteiger partial charge in [-0.2, -0.15) is 0 Å². The first-order chi connectivity index (χ1) is 15.0. The molecule has 0 bridgehead atoms. The predicted molar refractivity (Wildman–Crippen MR) is 101 cm³/mol. The minimum absolute atomic E-state index is 0.0540. The average molecular weight is 474 g/mol. The fourth-order valence-corrected chi connectivity index (χ4v) is 3.43. The normalized spacial score (nSPS) is 42.3. The quantitative estimate of drug-likeness (QED) is 0.135. The summed E-state index contributed by atoms with van der Waals surface area (Å²) in [5.41, 5.74) is 0. The minimum Gasteiger partial charge on any atom is -0.394 e.